The van der Waals surface area contributed by atoms with E-state index < -0.39 is 0 Å². The highest BCUT2D eigenvalue weighted by Crippen LogP contribution is 2.50. The van der Waals surface area contributed by atoms with Crippen LogP contribution in [0.4, 0.5) is 0 Å². The Morgan fingerprint density at radius 1 is 1.30 bits per heavy atom. The zero-order valence-corrected chi connectivity index (χ0v) is 14.6. The Labute approximate surface area is 138 Å². The summed E-state index contributed by atoms with van der Waals surface area (Å²) in [5.41, 5.74) is 3.28. The van der Waals surface area contributed by atoms with Crippen LogP contribution in [0.1, 0.15) is 36.1 Å². The van der Waals surface area contributed by atoms with Crippen LogP contribution in [0, 0.1) is 19.3 Å². The van der Waals surface area contributed by atoms with Crippen molar-refractivity contribution in [3.63, 3.8) is 0 Å². The zero-order chi connectivity index (χ0) is 16.6. The molecule has 2 aliphatic rings. The largest absolute Gasteiger partial charge is 0.496 e. The van der Waals surface area contributed by atoms with Crippen LogP contribution < -0.4 is 4.74 Å². The lowest BCUT2D eigenvalue weighted by Gasteiger charge is -2.56. The van der Waals surface area contributed by atoms with E-state index in [1.54, 1.807) is 14.2 Å². The first-order valence-corrected chi connectivity index (χ1v) is 8.44. The molecule has 5 heteroatoms. The molecule has 128 valence electrons. The van der Waals surface area contributed by atoms with Gasteiger partial charge in [0, 0.05) is 42.8 Å². The number of hydrogen-bond acceptors (Lipinski definition) is 5. The third-order valence-corrected chi connectivity index (χ3v) is 5.94. The lowest BCUT2D eigenvalue weighted by atomic mass is 9.58. The van der Waals surface area contributed by atoms with Crippen LogP contribution in [0.25, 0.3) is 0 Å². The lowest BCUT2D eigenvalue weighted by Crippen LogP contribution is -2.61. The van der Waals surface area contributed by atoms with Crippen LogP contribution >= 0.6 is 0 Å². The second-order valence-corrected chi connectivity index (χ2v) is 7.03. The topological polar surface area (TPSA) is 54.8 Å². The van der Waals surface area contributed by atoms with E-state index in [2.05, 4.69) is 16.8 Å². The highest BCUT2D eigenvalue weighted by molar-refractivity contribution is 5.41. The molecule has 2 fully saturated rings. The second kappa shape index (κ2) is 6.38. The molecule has 5 nitrogen and oxygen atoms in total. The molecular formula is C18H28N2O3. The smallest absolute Gasteiger partial charge is 0.128 e. The number of pyridine rings is 1. The summed E-state index contributed by atoms with van der Waals surface area (Å²) >= 11 is 0. The number of aliphatic hydroxyl groups is 1. The Morgan fingerprint density at radius 2 is 2.00 bits per heavy atom. The minimum atomic E-state index is -0.200. The van der Waals surface area contributed by atoms with Gasteiger partial charge < -0.3 is 14.6 Å². The Bertz CT molecular complexity index is 568. The molecule has 1 aromatic rings. The van der Waals surface area contributed by atoms with Crippen molar-refractivity contribution in [3.8, 4) is 5.75 Å². The summed E-state index contributed by atoms with van der Waals surface area (Å²) in [6.45, 7) is 6.90. The number of aryl methyl sites for hydroxylation is 1. The van der Waals surface area contributed by atoms with Crippen LogP contribution in [0.5, 0.6) is 5.75 Å². The molecular weight excluding hydrogens is 292 g/mol. The summed E-state index contributed by atoms with van der Waals surface area (Å²) in [5.74, 6) is 0.942. The van der Waals surface area contributed by atoms with Gasteiger partial charge in [-0.15, -0.1) is 0 Å². The van der Waals surface area contributed by atoms with E-state index in [1.165, 1.54) is 0 Å². The van der Waals surface area contributed by atoms with Crippen LogP contribution in [0.3, 0.4) is 0 Å². The Morgan fingerprint density at radius 3 is 2.57 bits per heavy atom. The maximum atomic E-state index is 10.2. The number of piperidine rings is 1. The first kappa shape index (κ1) is 16.7. The monoisotopic (exact) mass is 320 g/mol. The van der Waals surface area contributed by atoms with Gasteiger partial charge in [0.2, 0.25) is 0 Å². The van der Waals surface area contributed by atoms with Gasteiger partial charge in [0.25, 0.3) is 0 Å². The van der Waals surface area contributed by atoms with Gasteiger partial charge in [0.15, 0.2) is 0 Å². The molecule has 1 aliphatic carbocycles. The molecule has 1 aromatic heterocycles. The number of likely N-dealkylation sites (tertiary alicyclic amines) is 1. The van der Waals surface area contributed by atoms with Gasteiger partial charge in [-0.25, -0.2) is 0 Å². The van der Waals surface area contributed by atoms with Crippen LogP contribution in [0.2, 0.25) is 0 Å². The molecule has 2 atom stereocenters. The average Bonchev–Trinajstić information content (AvgIpc) is 2.56. The van der Waals surface area contributed by atoms with Gasteiger partial charge in [-0.1, -0.05) is 0 Å². The maximum Gasteiger partial charge on any atom is 0.128 e. The van der Waals surface area contributed by atoms with Gasteiger partial charge >= 0.3 is 0 Å². The lowest BCUT2D eigenvalue weighted by molar-refractivity contribution is -0.201. The van der Waals surface area contributed by atoms with Gasteiger partial charge in [-0.3, -0.25) is 9.88 Å². The standard InChI is InChI=1S/C18H28N2O3/c1-12-10-19-14(13(2)17(12)23-4)11-20-7-5-18(6-8-20)15(21)9-16(18)22-3/h10,15-16,21H,5-9,11H2,1-4H3/t15-,16+/m1/s1. The summed E-state index contributed by atoms with van der Waals surface area (Å²) in [6.07, 6.45) is 4.69. The molecule has 1 saturated heterocycles. The third kappa shape index (κ3) is 2.75. The summed E-state index contributed by atoms with van der Waals surface area (Å²) in [7, 11) is 3.48. The van der Waals surface area contributed by atoms with Crippen LogP contribution in [-0.2, 0) is 11.3 Å². The summed E-state index contributed by atoms with van der Waals surface area (Å²) in [4.78, 5) is 7.03. The number of nitrogens with zero attached hydrogens (tertiary/aromatic N) is 2. The van der Waals surface area contributed by atoms with Gasteiger partial charge in [0.1, 0.15) is 5.75 Å². The predicted octanol–water partition coefficient (Wildman–Crippen LogP) is 2.07. The van der Waals surface area contributed by atoms with Crippen molar-refractivity contribution in [2.45, 2.75) is 51.9 Å². The Kier molecular flexibility index (Phi) is 4.63. The molecule has 2 heterocycles. The van der Waals surface area contributed by atoms with E-state index in [1.807, 2.05) is 13.1 Å². The van der Waals surface area contributed by atoms with E-state index in [0.29, 0.717) is 0 Å². The van der Waals surface area contributed by atoms with Crippen molar-refractivity contribution in [3.05, 3.63) is 23.0 Å². The van der Waals surface area contributed by atoms with E-state index in [4.69, 9.17) is 9.47 Å². The fourth-order valence-electron chi connectivity index (χ4n) is 4.28. The summed E-state index contributed by atoms with van der Waals surface area (Å²) in [5, 5.41) is 10.2. The molecule has 0 aromatic carbocycles. The fourth-order valence-corrected chi connectivity index (χ4v) is 4.28. The molecule has 0 unspecified atom stereocenters. The Balaban J connectivity index is 1.66. The maximum absolute atomic E-state index is 10.2. The number of methoxy groups -OCH3 is 2. The molecule has 1 saturated carbocycles. The SMILES string of the molecule is COc1c(C)cnc(CN2CCC3(CC2)[C@H](O)C[C@@H]3OC)c1C. The molecule has 1 aliphatic heterocycles. The van der Waals surface area contributed by atoms with Crippen molar-refractivity contribution < 1.29 is 14.6 Å². The highest BCUT2D eigenvalue weighted by atomic mass is 16.5. The van der Waals surface area contributed by atoms with Crippen molar-refractivity contribution in [1.29, 1.82) is 0 Å². The van der Waals surface area contributed by atoms with E-state index in [9.17, 15) is 5.11 Å². The number of aliphatic hydroxyl groups excluding tert-OH is 1. The first-order valence-electron chi connectivity index (χ1n) is 8.44. The quantitative estimate of drug-likeness (QED) is 0.920. The number of rotatable bonds is 4. The molecule has 0 bridgehead atoms. The molecule has 23 heavy (non-hydrogen) atoms. The molecule has 1 N–H and O–H groups in total. The van der Waals surface area contributed by atoms with E-state index in [0.717, 1.165) is 61.5 Å². The molecule has 1 spiro atoms. The number of hydrogen-bond donors (Lipinski definition) is 1. The molecule has 0 amide bonds. The van der Waals surface area contributed by atoms with E-state index in [-0.39, 0.29) is 17.6 Å². The summed E-state index contributed by atoms with van der Waals surface area (Å²) in [6, 6.07) is 0. The van der Waals surface area contributed by atoms with Crippen molar-refractivity contribution in [1.82, 2.24) is 9.88 Å². The molecule has 3 rings (SSSR count). The summed E-state index contributed by atoms with van der Waals surface area (Å²) < 4.78 is 11.1. The minimum Gasteiger partial charge on any atom is -0.496 e. The zero-order valence-electron chi connectivity index (χ0n) is 14.6. The highest BCUT2D eigenvalue weighted by Gasteiger charge is 2.55. The van der Waals surface area contributed by atoms with Crippen molar-refractivity contribution in [2.24, 2.45) is 5.41 Å². The van der Waals surface area contributed by atoms with E-state index >= 15 is 0 Å². The minimum absolute atomic E-state index is 0.0152. The van der Waals surface area contributed by atoms with Crippen LogP contribution in [-0.4, -0.2) is 54.5 Å². The Hall–Kier alpha value is -1.17. The van der Waals surface area contributed by atoms with Gasteiger partial charge in [-0.05, 0) is 39.8 Å². The second-order valence-electron chi connectivity index (χ2n) is 7.03. The number of aromatic nitrogens is 1. The third-order valence-electron chi connectivity index (χ3n) is 5.94. The number of ether oxygens (including phenoxy) is 2. The van der Waals surface area contributed by atoms with Crippen molar-refractivity contribution in [2.75, 3.05) is 27.3 Å². The van der Waals surface area contributed by atoms with Gasteiger partial charge in [0.05, 0.1) is 25.0 Å². The normalized spacial score (nSPS) is 27.0. The fraction of sp³-hybridized carbons (Fsp3) is 0.722. The molecule has 0 radical (unpaired) electrons. The average molecular weight is 320 g/mol. The van der Waals surface area contributed by atoms with Crippen LogP contribution in [0.15, 0.2) is 6.20 Å². The van der Waals surface area contributed by atoms with Gasteiger partial charge in [-0.2, -0.15) is 0 Å². The van der Waals surface area contributed by atoms with Crippen molar-refractivity contribution >= 4 is 0 Å². The first-order chi connectivity index (χ1) is 11.0. The predicted molar refractivity (Wildman–Crippen MR) is 88.6 cm³/mol.